The second-order valence-corrected chi connectivity index (χ2v) is 8.88. The van der Waals surface area contributed by atoms with Crippen LogP contribution >= 0.6 is 0 Å². The first-order valence-corrected chi connectivity index (χ1v) is 11.4. The maximum atomic E-state index is 14.8. The molecule has 2 saturated carbocycles. The highest BCUT2D eigenvalue weighted by Crippen LogP contribution is 2.46. The molecular formula is C27H29F3O2. The molecular weight excluding hydrogens is 413 g/mol. The smallest absolute Gasteiger partial charge is 0.190 e. The van der Waals surface area contributed by atoms with Crippen LogP contribution in [0.15, 0.2) is 30.3 Å². The molecule has 0 N–H and O–H groups in total. The molecule has 170 valence electrons. The van der Waals surface area contributed by atoms with E-state index < -0.39 is 23.2 Å². The molecule has 32 heavy (non-hydrogen) atoms. The van der Waals surface area contributed by atoms with Gasteiger partial charge < -0.3 is 9.47 Å². The van der Waals surface area contributed by atoms with Gasteiger partial charge in [0.2, 0.25) is 0 Å². The van der Waals surface area contributed by atoms with Gasteiger partial charge in [-0.05, 0) is 93.0 Å². The number of rotatable bonds is 4. The van der Waals surface area contributed by atoms with E-state index >= 15 is 0 Å². The van der Waals surface area contributed by atoms with Gasteiger partial charge in [-0.15, -0.1) is 0 Å². The van der Waals surface area contributed by atoms with Gasteiger partial charge in [-0.3, -0.25) is 0 Å². The van der Waals surface area contributed by atoms with Crippen LogP contribution in [0, 0.1) is 41.1 Å². The standard InChI is InChI=1S/C27H29F3O2/c1-3-32-23-11-10-20-14-19(8-9-21(20)15-23)22-7-6-18(24(28)16-22)5-4-17-12-25(29)27(31-2)26(30)13-17/h6-7,12-13,16,19-21,23H,3,8-11,14-15H2,1-2H3. The largest absolute Gasteiger partial charge is 0.491 e. The average molecular weight is 443 g/mol. The quantitative estimate of drug-likeness (QED) is 0.497. The molecule has 4 rings (SSSR count). The molecule has 4 atom stereocenters. The van der Waals surface area contributed by atoms with Crippen LogP contribution in [0.2, 0.25) is 0 Å². The van der Waals surface area contributed by atoms with Crippen molar-refractivity contribution in [2.24, 2.45) is 11.8 Å². The lowest BCUT2D eigenvalue weighted by atomic mass is 9.65. The number of halogens is 3. The summed E-state index contributed by atoms with van der Waals surface area (Å²) in [5.41, 5.74) is 1.36. The van der Waals surface area contributed by atoms with Gasteiger partial charge in [0, 0.05) is 12.2 Å². The molecule has 2 aliphatic carbocycles. The summed E-state index contributed by atoms with van der Waals surface area (Å²) in [6, 6.07) is 7.36. The summed E-state index contributed by atoms with van der Waals surface area (Å²) >= 11 is 0. The number of fused-ring (bicyclic) bond motifs is 1. The Morgan fingerprint density at radius 2 is 1.59 bits per heavy atom. The fraction of sp³-hybridized carbons (Fsp3) is 0.481. The summed E-state index contributed by atoms with van der Waals surface area (Å²) in [5, 5.41) is 0. The van der Waals surface area contributed by atoms with Crippen molar-refractivity contribution in [3.05, 3.63) is 64.5 Å². The third-order valence-corrected chi connectivity index (χ3v) is 6.98. The molecule has 0 saturated heterocycles. The van der Waals surface area contributed by atoms with Gasteiger partial charge >= 0.3 is 0 Å². The number of benzene rings is 2. The predicted molar refractivity (Wildman–Crippen MR) is 118 cm³/mol. The molecule has 2 aliphatic rings. The molecule has 0 heterocycles. The maximum absolute atomic E-state index is 14.8. The van der Waals surface area contributed by atoms with Crippen molar-refractivity contribution in [3.63, 3.8) is 0 Å². The van der Waals surface area contributed by atoms with Gasteiger partial charge in [-0.25, -0.2) is 13.2 Å². The van der Waals surface area contributed by atoms with Crippen molar-refractivity contribution in [2.75, 3.05) is 13.7 Å². The minimum absolute atomic E-state index is 0.130. The van der Waals surface area contributed by atoms with Crippen LogP contribution in [0.5, 0.6) is 5.75 Å². The van der Waals surface area contributed by atoms with E-state index in [1.165, 1.54) is 13.5 Å². The zero-order chi connectivity index (χ0) is 22.7. The van der Waals surface area contributed by atoms with E-state index in [1.807, 2.05) is 6.07 Å². The second kappa shape index (κ2) is 10.0. The highest BCUT2D eigenvalue weighted by Gasteiger charge is 2.36. The van der Waals surface area contributed by atoms with Gasteiger partial charge in [-0.2, -0.15) is 0 Å². The Morgan fingerprint density at radius 1 is 0.875 bits per heavy atom. The van der Waals surface area contributed by atoms with Gasteiger partial charge in [0.05, 0.1) is 18.8 Å². The number of hydrogen-bond acceptors (Lipinski definition) is 2. The Morgan fingerprint density at radius 3 is 2.28 bits per heavy atom. The van der Waals surface area contributed by atoms with Crippen LogP contribution in [-0.4, -0.2) is 19.8 Å². The van der Waals surface area contributed by atoms with E-state index in [4.69, 9.17) is 4.74 Å². The molecule has 0 aliphatic heterocycles. The zero-order valence-electron chi connectivity index (χ0n) is 18.6. The van der Waals surface area contributed by atoms with Crippen LogP contribution in [0.4, 0.5) is 13.2 Å². The van der Waals surface area contributed by atoms with E-state index in [-0.39, 0.29) is 11.1 Å². The van der Waals surface area contributed by atoms with E-state index in [0.29, 0.717) is 17.9 Å². The van der Waals surface area contributed by atoms with Crippen LogP contribution in [0.1, 0.15) is 68.1 Å². The minimum Gasteiger partial charge on any atom is -0.491 e. The molecule has 0 bridgehead atoms. The lowest BCUT2D eigenvalue weighted by Crippen LogP contribution is -2.33. The summed E-state index contributed by atoms with van der Waals surface area (Å²) in [6.45, 7) is 2.83. The molecule has 2 fully saturated rings. The van der Waals surface area contributed by atoms with Crippen LogP contribution < -0.4 is 4.74 Å². The molecule has 0 radical (unpaired) electrons. The van der Waals surface area contributed by atoms with Crippen molar-refractivity contribution in [1.29, 1.82) is 0 Å². The molecule has 5 heteroatoms. The molecule has 0 aromatic heterocycles. The lowest BCUT2D eigenvalue weighted by Gasteiger charge is -2.42. The van der Waals surface area contributed by atoms with Gasteiger partial charge in [0.15, 0.2) is 17.4 Å². The van der Waals surface area contributed by atoms with Crippen LogP contribution in [-0.2, 0) is 4.74 Å². The van der Waals surface area contributed by atoms with E-state index in [0.717, 1.165) is 62.3 Å². The van der Waals surface area contributed by atoms with Gasteiger partial charge in [0.25, 0.3) is 0 Å². The first-order chi connectivity index (χ1) is 15.5. The van der Waals surface area contributed by atoms with Crippen molar-refractivity contribution in [3.8, 4) is 17.6 Å². The highest BCUT2D eigenvalue weighted by molar-refractivity contribution is 5.46. The lowest BCUT2D eigenvalue weighted by molar-refractivity contribution is -0.00956. The molecule has 2 aromatic rings. The molecule has 2 nitrogen and oxygen atoms in total. The summed E-state index contributed by atoms with van der Waals surface area (Å²) in [5.74, 6) is 4.60. The number of hydrogen-bond donors (Lipinski definition) is 0. The normalized spacial score (nSPS) is 24.9. The zero-order valence-corrected chi connectivity index (χ0v) is 18.6. The average Bonchev–Trinajstić information content (AvgIpc) is 2.78. The molecule has 4 unspecified atom stereocenters. The molecule has 0 spiro atoms. The van der Waals surface area contributed by atoms with Crippen molar-refractivity contribution in [2.45, 2.75) is 57.5 Å². The van der Waals surface area contributed by atoms with Gasteiger partial charge in [-0.1, -0.05) is 17.9 Å². The monoisotopic (exact) mass is 442 g/mol. The first-order valence-electron chi connectivity index (χ1n) is 11.4. The van der Waals surface area contributed by atoms with Crippen LogP contribution in [0.3, 0.4) is 0 Å². The fourth-order valence-corrected chi connectivity index (χ4v) is 5.39. The Hall–Kier alpha value is -2.45. The summed E-state index contributed by atoms with van der Waals surface area (Å²) in [4.78, 5) is 0. The highest BCUT2D eigenvalue weighted by atomic mass is 19.1. The van der Waals surface area contributed by atoms with E-state index in [9.17, 15) is 13.2 Å². The minimum atomic E-state index is -0.835. The Kier molecular flexibility index (Phi) is 7.10. The second-order valence-electron chi connectivity index (χ2n) is 8.88. The summed E-state index contributed by atoms with van der Waals surface area (Å²) in [6.07, 6.45) is 7.19. The van der Waals surface area contributed by atoms with Crippen LogP contribution in [0.25, 0.3) is 0 Å². The third kappa shape index (κ3) is 4.96. The molecule has 0 amide bonds. The topological polar surface area (TPSA) is 18.5 Å². The maximum Gasteiger partial charge on any atom is 0.190 e. The third-order valence-electron chi connectivity index (χ3n) is 6.98. The van der Waals surface area contributed by atoms with Crippen molar-refractivity contribution >= 4 is 0 Å². The van der Waals surface area contributed by atoms with Crippen molar-refractivity contribution < 1.29 is 22.6 Å². The fourth-order valence-electron chi connectivity index (χ4n) is 5.39. The SMILES string of the molecule is CCOC1CCC2CC(c3ccc(C#Cc4cc(F)c(OC)c(F)c4)c(F)c3)CCC2C1. The summed E-state index contributed by atoms with van der Waals surface area (Å²) in [7, 11) is 1.20. The Bertz CT molecular complexity index is 1000. The first kappa shape index (κ1) is 22.7. The predicted octanol–water partition coefficient (Wildman–Crippen LogP) is 6.60. The summed E-state index contributed by atoms with van der Waals surface area (Å²) < 4.78 is 53.0. The Balaban J connectivity index is 1.44. The molecule has 2 aromatic carbocycles. The number of methoxy groups -OCH3 is 1. The van der Waals surface area contributed by atoms with Crippen molar-refractivity contribution in [1.82, 2.24) is 0 Å². The van der Waals surface area contributed by atoms with E-state index in [1.54, 1.807) is 12.1 Å². The van der Waals surface area contributed by atoms with E-state index in [2.05, 4.69) is 23.5 Å². The number of ether oxygens (including phenoxy) is 2. The Labute approximate surface area is 188 Å². The van der Waals surface area contributed by atoms with Gasteiger partial charge in [0.1, 0.15) is 5.82 Å².